The van der Waals surface area contributed by atoms with Gasteiger partial charge in [-0.15, -0.1) is 18.3 Å². The first-order valence-corrected chi connectivity index (χ1v) is 8.96. The molecule has 126 valence electrons. The van der Waals surface area contributed by atoms with Crippen LogP contribution in [0, 0.1) is 0 Å². The molecule has 0 saturated heterocycles. The van der Waals surface area contributed by atoms with E-state index in [1.807, 2.05) is 66.9 Å². The normalized spacial score (nSPS) is 10.4. The Hall–Kier alpha value is -2.79. The molecule has 0 atom stereocenters. The lowest BCUT2D eigenvalue weighted by Gasteiger charge is -2.09. The van der Waals surface area contributed by atoms with Crippen molar-refractivity contribution >= 4 is 23.4 Å². The van der Waals surface area contributed by atoms with Crippen molar-refractivity contribution in [1.82, 2.24) is 9.78 Å². The topological polar surface area (TPSA) is 46.9 Å². The summed E-state index contributed by atoms with van der Waals surface area (Å²) in [6.45, 7) is 3.73. The highest BCUT2D eigenvalue weighted by molar-refractivity contribution is 7.99. The maximum Gasteiger partial charge on any atom is 0.228 e. The van der Waals surface area contributed by atoms with E-state index < -0.39 is 0 Å². The van der Waals surface area contributed by atoms with E-state index in [9.17, 15) is 4.79 Å². The number of para-hydroxylation sites is 2. The van der Waals surface area contributed by atoms with Crippen molar-refractivity contribution in [2.45, 2.75) is 11.3 Å². The van der Waals surface area contributed by atoms with Gasteiger partial charge in [0, 0.05) is 16.8 Å². The number of nitrogens with one attached hydrogen (secondary N) is 1. The molecule has 0 aliphatic carbocycles. The van der Waals surface area contributed by atoms with Crippen molar-refractivity contribution in [2.75, 3.05) is 11.1 Å². The van der Waals surface area contributed by atoms with Crippen molar-refractivity contribution in [3.05, 3.63) is 85.2 Å². The minimum absolute atomic E-state index is 0.0562. The molecule has 0 radical (unpaired) electrons. The first kappa shape index (κ1) is 17.0. The zero-order chi connectivity index (χ0) is 17.5. The van der Waals surface area contributed by atoms with Crippen LogP contribution in [0.25, 0.3) is 5.69 Å². The van der Waals surface area contributed by atoms with Gasteiger partial charge in [-0.2, -0.15) is 5.10 Å². The molecular weight excluding hydrogens is 330 g/mol. The standard InChI is InChI=1S/C20H19N3OS/c1-2-12-25-19-11-7-6-10-18(19)22-20(24)13-16-14-21-23(15-16)17-8-4-3-5-9-17/h2-11,14-15H,1,12-13H2,(H,22,24). The number of aromatic nitrogens is 2. The number of rotatable bonds is 7. The molecule has 25 heavy (non-hydrogen) atoms. The Labute approximate surface area is 151 Å². The van der Waals surface area contributed by atoms with Crippen molar-refractivity contribution in [3.63, 3.8) is 0 Å². The number of thioether (sulfide) groups is 1. The summed E-state index contributed by atoms with van der Waals surface area (Å²) in [5.74, 6) is 0.746. The molecule has 0 fully saturated rings. The van der Waals surface area contributed by atoms with Gasteiger partial charge in [-0.3, -0.25) is 4.79 Å². The summed E-state index contributed by atoms with van der Waals surface area (Å²) in [6.07, 6.45) is 5.74. The SMILES string of the molecule is C=CCSc1ccccc1NC(=O)Cc1cnn(-c2ccccc2)c1. The Morgan fingerprint density at radius 1 is 1.16 bits per heavy atom. The molecule has 3 rings (SSSR count). The fraction of sp³-hybridized carbons (Fsp3) is 0.100. The first-order valence-electron chi connectivity index (χ1n) is 7.98. The van der Waals surface area contributed by atoms with Gasteiger partial charge in [-0.1, -0.05) is 36.4 Å². The zero-order valence-electron chi connectivity index (χ0n) is 13.8. The number of benzene rings is 2. The van der Waals surface area contributed by atoms with E-state index in [0.29, 0.717) is 0 Å². The maximum absolute atomic E-state index is 12.4. The summed E-state index contributed by atoms with van der Waals surface area (Å²) >= 11 is 1.65. The molecule has 0 saturated carbocycles. The van der Waals surface area contributed by atoms with Gasteiger partial charge in [0.25, 0.3) is 0 Å². The lowest BCUT2D eigenvalue weighted by atomic mass is 10.2. The van der Waals surface area contributed by atoms with E-state index in [2.05, 4.69) is 17.0 Å². The third kappa shape index (κ3) is 4.61. The first-order chi connectivity index (χ1) is 12.3. The predicted octanol–water partition coefficient (Wildman–Crippen LogP) is 4.33. The minimum Gasteiger partial charge on any atom is -0.325 e. The van der Waals surface area contributed by atoms with E-state index >= 15 is 0 Å². The fourth-order valence-electron chi connectivity index (χ4n) is 2.40. The highest BCUT2D eigenvalue weighted by Crippen LogP contribution is 2.27. The Morgan fingerprint density at radius 3 is 2.72 bits per heavy atom. The number of nitrogens with zero attached hydrogens (tertiary/aromatic N) is 2. The molecule has 1 heterocycles. The Balaban J connectivity index is 1.66. The molecule has 0 bridgehead atoms. The van der Waals surface area contributed by atoms with Gasteiger partial charge in [-0.25, -0.2) is 4.68 Å². The number of carbonyl (C=O) groups is 1. The Morgan fingerprint density at radius 2 is 1.92 bits per heavy atom. The van der Waals surface area contributed by atoms with Gasteiger partial charge >= 0.3 is 0 Å². The van der Waals surface area contributed by atoms with Gasteiger partial charge in [0.15, 0.2) is 0 Å². The van der Waals surface area contributed by atoms with Crippen molar-refractivity contribution in [3.8, 4) is 5.69 Å². The summed E-state index contributed by atoms with van der Waals surface area (Å²) in [5, 5.41) is 7.31. The smallest absolute Gasteiger partial charge is 0.228 e. The van der Waals surface area contributed by atoms with Crippen LogP contribution >= 0.6 is 11.8 Å². The second-order valence-corrected chi connectivity index (χ2v) is 6.51. The molecule has 0 aliphatic heterocycles. The summed E-state index contributed by atoms with van der Waals surface area (Å²) in [4.78, 5) is 13.4. The number of amides is 1. The molecule has 5 heteroatoms. The van der Waals surface area contributed by atoms with E-state index in [1.54, 1.807) is 22.6 Å². The predicted molar refractivity (Wildman–Crippen MR) is 103 cm³/mol. The van der Waals surface area contributed by atoms with Crippen LogP contribution in [-0.2, 0) is 11.2 Å². The Bertz CT molecular complexity index is 858. The highest BCUT2D eigenvalue weighted by Gasteiger charge is 2.09. The average molecular weight is 349 g/mol. The summed E-state index contributed by atoms with van der Waals surface area (Å²) in [5.41, 5.74) is 2.67. The van der Waals surface area contributed by atoms with Crippen LogP contribution in [0.4, 0.5) is 5.69 Å². The molecule has 2 aromatic carbocycles. The zero-order valence-corrected chi connectivity index (χ0v) is 14.6. The fourth-order valence-corrected chi connectivity index (χ4v) is 3.14. The van der Waals surface area contributed by atoms with Gasteiger partial charge < -0.3 is 5.32 Å². The van der Waals surface area contributed by atoms with Gasteiger partial charge in [0.2, 0.25) is 5.91 Å². The van der Waals surface area contributed by atoms with E-state index in [1.165, 1.54) is 0 Å². The molecule has 1 aromatic heterocycles. The van der Waals surface area contributed by atoms with Crippen molar-refractivity contribution in [2.24, 2.45) is 0 Å². The molecule has 1 N–H and O–H groups in total. The third-order valence-corrected chi connectivity index (χ3v) is 4.61. The van der Waals surface area contributed by atoms with E-state index in [-0.39, 0.29) is 12.3 Å². The third-order valence-electron chi connectivity index (χ3n) is 3.54. The van der Waals surface area contributed by atoms with Crippen LogP contribution in [0.2, 0.25) is 0 Å². The van der Waals surface area contributed by atoms with Crippen molar-refractivity contribution in [1.29, 1.82) is 0 Å². The second-order valence-electron chi connectivity index (χ2n) is 5.45. The molecular formula is C20H19N3OS. The van der Waals surface area contributed by atoms with Crippen LogP contribution in [0.15, 0.2) is 84.5 Å². The van der Waals surface area contributed by atoms with Crippen LogP contribution < -0.4 is 5.32 Å². The molecule has 0 unspecified atom stereocenters. The van der Waals surface area contributed by atoms with Crippen LogP contribution in [0.3, 0.4) is 0 Å². The van der Waals surface area contributed by atoms with Crippen LogP contribution in [-0.4, -0.2) is 21.4 Å². The quantitative estimate of drug-likeness (QED) is 0.510. The van der Waals surface area contributed by atoms with Gasteiger partial charge in [0.1, 0.15) is 0 Å². The van der Waals surface area contributed by atoms with E-state index in [0.717, 1.165) is 27.6 Å². The van der Waals surface area contributed by atoms with Crippen LogP contribution in [0.5, 0.6) is 0 Å². The summed E-state index contributed by atoms with van der Waals surface area (Å²) in [7, 11) is 0. The lowest BCUT2D eigenvalue weighted by Crippen LogP contribution is -2.14. The number of hydrogen-bond donors (Lipinski definition) is 1. The van der Waals surface area contributed by atoms with Gasteiger partial charge in [0.05, 0.1) is 24.0 Å². The summed E-state index contributed by atoms with van der Waals surface area (Å²) < 4.78 is 1.77. The number of hydrogen-bond acceptors (Lipinski definition) is 3. The average Bonchev–Trinajstić information content (AvgIpc) is 3.10. The van der Waals surface area contributed by atoms with Gasteiger partial charge in [-0.05, 0) is 29.8 Å². The largest absolute Gasteiger partial charge is 0.325 e. The Kier molecular flexibility index (Phi) is 5.69. The number of carbonyl (C=O) groups excluding carboxylic acids is 1. The molecule has 4 nitrogen and oxygen atoms in total. The minimum atomic E-state index is -0.0562. The van der Waals surface area contributed by atoms with E-state index in [4.69, 9.17) is 0 Å². The maximum atomic E-state index is 12.4. The number of anilines is 1. The second kappa shape index (κ2) is 8.35. The summed E-state index contributed by atoms with van der Waals surface area (Å²) in [6, 6.07) is 17.6. The molecule has 1 amide bonds. The van der Waals surface area contributed by atoms with Crippen molar-refractivity contribution < 1.29 is 4.79 Å². The molecule has 3 aromatic rings. The van der Waals surface area contributed by atoms with Crippen LogP contribution in [0.1, 0.15) is 5.56 Å². The monoisotopic (exact) mass is 349 g/mol. The highest BCUT2D eigenvalue weighted by atomic mass is 32.2. The lowest BCUT2D eigenvalue weighted by molar-refractivity contribution is -0.115. The molecule has 0 spiro atoms. The molecule has 0 aliphatic rings.